The zero-order valence-electron chi connectivity index (χ0n) is 10.9. The second-order valence-corrected chi connectivity index (χ2v) is 5.49. The van der Waals surface area contributed by atoms with E-state index in [9.17, 15) is 13.2 Å². The summed E-state index contributed by atoms with van der Waals surface area (Å²) in [5.41, 5.74) is 7.90. The summed E-state index contributed by atoms with van der Waals surface area (Å²) in [6.45, 7) is 1.93. The van der Waals surface area contributed by atoms with Gasteiger partial charge < -0.3 is 5.73 Å². The number of anilines is 1. The van der Waals surface area contributed by atoms with Gasteiger partial charge in [-0.1, -0.05) is 24.3 Å². The second kappa shape index (κ2) is 5.79. The summed E-state index contributed by atoms with van der Waals surface area (Å²) in [6, 6.07) is 11.0. The standard InChI is InChI=1S/C15H14F3NS/c1-10-3-2-4-13(14(10)19)20-9-11-5-7-12(8-6-11)15(16,17)18/h2-8H,9,19H2,1H3. The minimum Gasteiger partial charge on any atom is -0.398 e. The summed E-state index contributed by atoms with van der Waals surface area (Å²) in [6.07, 6.45) is -4.29. The Hall–Kier alpha value is -1.62. The van der Waals surface area contributed by atoms with Crippen LogP contribution < -0.4 is 5.73 Å². The molecule has 0 aromatic heterocycles. The SMILES string of the molecule is Cc1cccc(SCc2ccc(C(F)(F)F)cc2)c1N. The topological polar surface area (TPSA) is 26.0 Å². The lowest BCUT2D eigenvalue weighted by molar-refractivity contribution is -0.137. The van der Waals surface area contributed by atoms with Gasteiger partial charge in [-0.05, 0) is 36.2 Å². The third kappa shape index (κ3) is 3.48. The second-order valence-electron chi connectivity index (χ2n) is 4.47. The van der Waals surface area contributed by atoms with Gasteiger partial charge in [0.2, 0.25) is 0 Å². The molecule has 0 fully saturated rings. The molecule has 0 spiro atoms. The molecule has 0 aliphatic rings. The van der Waals surface area contributed by atoms with Gasteiger partial charge in [0.15, 0.2) is 0 Å². The molecule has 0 saturated carbocycles. The number of thioether (sulfide) groups is 1. The first-order valence-corrected chi connectivity index (χ1v) is 7.00. The fourth-order valence-electron chi connectivity index (χ4n) is 1.73. The molecule has 0 saturated heterocycles. The van der Waals surface area contributed by atoms with Crippen LogP contribution in [-0.4, -0.2) is 0 Å². The molecular weight excluding hydrogens is 283 g/mol. The van der Waals surface area contributed by atoms with Crippen LogP contribution >= 0.6 is 11.8 Å². The Bertz CT molecular complexity index is 591. The van der Waals surface area contributed by atoms with E-state index in [0.717, 1.165) is 33.8 Å². The van der Waals surface area contributed by atoms with E-state index in [1.54, 1.807) is 0 Å². The molecular formula is C15H14F3NS. The minimum absolute atomic E-state index is 0.589. The van der Waals surface area contributed by atoms with Gasteiger partial charge in [0.25, 0.3) is 0 Å². The molecule has 0 bridgehead atoms. The lowest BCUT2D eigenvalue weighted by atomic mass is 10.1. The molecule has 0 unspecified atom stereocenters. The van der Waals surface area contributed by atoms with Crippen LogP contribution in [0.4, 0.5) is 18.9 Å². The van der Waals surface area contributed by atoms with E-state index in [2.05, 4.69) is 0 Å². The van der Waals surface area contributed by atoms with Crippen molar-refractivity contribution in [1.82, 2.24) is 0 Å². The predicted molar refractivity (Wildman–Crippen MR) is 76.6 cm³/mol. The molecule has 2 aromatic carbocycles. The van der Waals surface area contributed by atoms with Gasteiger partial charge in [-0.2, -0.15) is 13.2 Å². The summed E-state index contributed by atoms with van der Waals surface area (Å²) >= 11 is 1.52. The first-order chi connectivity index (χ1) is 9.38. The van der Waals surface area contributed by atoms with Gasteiger partial charge >= 0.3 is 6.18 Å². The Morgan fingerprint density at radius 2 is 1.70 bits per heavy atom. The number of aryl methyl sites for hydroxylation is 1. The van der Waals surface area contributed by atoms with Gasteiger partial charge in [0.05, 0.1) is 5.56 Å². The first kappa shape index (κ1) is 14.8. The Morgan fingerprint density at radius 3 is 2.30 bits per heavy atom. The molecule has 20 heavy (non-hydrogen) atoms. The molecule has 2 N–H and O–H groups in total. The van der Waals surface area contributed by atoms with Crippen molar-refractivity contribution in [3.8, 4) is 0 Å². The third-order valence-corrected chi connectivity index (χ3v) is 4.10. The third-order valence-electron chi connectivity index (χ3n) is 2.96. The molecule has 0 atom stereocenters. The molecule has 2 aromatic rings. The number of hydrogen-bond donors (Lipinski definition) is 1. The Balaban J connectivity index is 2.06. The summed E-state index contributed by atoms with van der Waals surface area (Å²) in [5.74, 6) is 0.589. The molecule has 0 heterocycles. The molecule has 0 aliphatic carbocycles. The van der Waals surface area contributed by atoms with Gasteiger partial charge in [0, 0.05) is 16.3 Å². The van der Waals surface area contributed by atoms with E-state index in [1.807, 2.05) is 25.1 Å². The van der Waals surface area contributed by atoms with E-state index >= 15 is 0 Å². The van der Waals surface area contributed by atoms with Gasteiger partial charge in [-0.25, -0.2) is 0 Å². The lowest BCUT2D eigenvalue weighted by Gasteiger charge is -2.09. The van der Waals surface area contributed by atoms with Crippen LogP contribution in [0.5, 0.6) is 0 Å². The maximum absolute atomic E-state index is 12.4. The van der Waals surface area contributed by atoms with E-state index in [4.69, 9.17) is 5.73 Å². The van der Waals surface area contributed by atoms with Crippen molar-refractivity contribution < 1.29 is 13.2 Å². The van der Waals surface area contributed by atoms with Crippen LogP contribution in [-0.2, 0) is 11.9 Å². The summed E-state index contributed by atoms with van der Waals surface area (Å²) < 4.78 is 37.3. The van der Waals surface area contributed by atoms with Crippen LogP contribution in [0.15, 0.2) is 47.4 Å². The molecule has 0 amide bonds. The van der Waals surface area contributed by atoms with Crippen molar-refractivity contribution in [3.05, 3.63) is 59.2 Å². The monoisotopic (exact) mass is 297 g/mol. The van der Waals surface area contributed by atoms with Gasteiger partial charge in [-0.15, -0.1) is 11.8 Å². The average Bonchev–Trinajstić information content (AvgIpc) is 2.40. The smallest absolute Gasteiger partial charge is 0.398 e. The molecule has 0 radical (unpaired) electrons. The van der Waals surface area contributed by atoms with Crippen LogP contribution in [0.1, 0.15) is 16.7 Å². The zero-order valence-corrected chi connectivity index (χ0v) is 11.7. The van der Waals surface area contributed by atoms with Crippen LogP contribution in [0.25, 0.3) is 0 Å². The van der Waals surface area contributed by atoms with E-state index < -0.39 is 11.7 Å². The zero-order chi connectivity index (χ0) is 14.8. The predicted octanol–water partition coefficient (Wildman–Crippen LogP) is 4.89. The summed E-state index contributed by atoms with van der Waals surface area (Å²) in [4.78, 5) is 0.949. The highest BCUT2D eigenvalue weighted by Gasteiger charge is 2.29. The maximum atomic E-state index is 12.4. The Morgan fingerprint density at radius 1 is 1.05 bits per heavy atom. The largest absolute Gasteiger partial charge is 0.416 e. The number of nitrogen functional groups attached to an aromatic ring is 1. The first-order valence-electron chi connectivity index (χ1n) is 6.02. The highest BCUT2D eigenvalue weighted by molar-refractivity contribution is 7.98. The molecule has 106 valence electrons. The van der Waals surface area contributed by atoms with Crippen LogP contribution in [0, 0.1) is 6.92 Å². The summed E-state index contributed by atoms with van der Waals surface area (Å²) in [5, 5.41) is 0. The Labute approximate surface area is 120 Å². The molecule has 1 nitrogen and oxygen atoms in total. The van der Waals surface area contributed by atoms with E-state index in [0.29, 0.717) is 5.75 Å². The van der Waals surface area contributed by atoms with Crippen molar-refractivity contribution in [1.29, 1.82) is 0 Å². The van der Waals surface area contributed by atoms with Crippen molar-refractivity contribution in [3.63, 3.8) is 0 Å². The number of nitrogens with two attached hydrogens (primary N) is 1. The van der Waals surface area contributed by atoms with Crippen molar-refractivity contribution in [2.24, 2.45) is 0 Å². The minimum atomic E-state index is -4.29. The highest BCUT2D eigenvalue weighted by atomic mass is 32.2. The van der Waals surface area contributed by atoms with Gasteiger partial charge in [-0.3, -0.25) is 0 Å². The van der Waals surface area contributed by atoms with E-state index in [1.165, 1.54) is 23.9 Å². The summed E-state index contributed by atoms with van der Waals surface area (Å²) in [7, 11) is 0. The number of alkyl halides is 3. The number of para-hydroxylation sites is 1. The molecule has 0 aliphatic heterocycles. The maximum Gasteiger partial charge on any atom is 0.416 e. The van der Waals surface area contributed by atoms with Crippen molar-refractivity contribution in [2.75, 3.05) is 5.73 Å². The van der Waals surface area contributed by atoms with Crippen LogP contribution in [0.3, 0.4) is 0 Å². The number of rotatable bonds is 3. The number of benzene rings is 2. The average molecular weight is 297 g/mol. The quantitative estimate of drug-likeness (QED) is 0.645. The number of hydrogen-bond acceptors (Lipinski definition) is 2. The lowest BCUT2D eigenvalue weighted by Crippen LogP contribution is -2.04. The fraction of sp³-hybridized carbons (Fsp3) is 0.200. The Kier molecular flexibility index (Phi) is 4.28. The van der Waals surface area contributed by atoms with Crippen LogP contribution in [0.2, 0.25) is 0 Å². The number of halogens is 3. The van der Waals surface area contributed by atoms with E-state index in [-0.39, 0.29) is 0 Å². The van der Waals surface area contributed by atoms with Gasteiger partial charge in [0.1, 0.15) is 0 Å². The normalized spacial score (nSPS) is 11.6. The van der Waals surface area contributed by atoms with Crippen molar-refractivity contribution >= 4 is 17.4 Å². The van der Waals surface area contributed by atoms with Crippen molar-refractivity contribution in [2.45, 2.75) is 23.7 Å². The highest BCUT2D eigenvalue weighted by Crippen LogP contribution is 2.32. The molecule has 2 rings (SSSR count). The molecule has 5 heteroatoms. The fourth-order valence-corrected chi connectivity index (χ4v) is 2.74.